The quantitative estimate of drug-likeness (QED) is 0.124. The second-order valence-corrected chi connectivity index (χ2v) is 17.0. The predicted octanol–water partition coefficient (Wildman–Crippen LogP) is 3.43. The largest absolute Gasteiger partial charge is 0.507 e. The lowest BCUT2D eigenvalue weighted by Crippen LogP contribution is -2.36. The van der Waals surface area contributed by atoms with E-state index >= 15 is 0 Å². The van der Waals surface area contributed by atoms with E-state index in [1.165, 1.54) is 17.7 Å². The number of carbonyl (C=O) groups is 2. The summed E-state index contributed by atoms with van der Waals surface area (Å²) in [6.45, 7) is 9.29. The third-order valence-corrected chi connectivity index (χ3v) is 10.1. The summed E-state index contributed by atoms with van der Waals surface area (Å²) in [6.07, 6.45) is 0.730. The molecule has 0 aliphatic carbocycles. The van der Waals surface area contributed by atoms with E-state index in [4.69, 9.17) is 0 Å². The molecule has 0 unspecified atom stereocenters. The first-order valence-corrected chi connectivity index (χ1v) is 21.1. The van der Waals surface area contributed by atoms with Gasteiger partial charge in [0.15, 0.2) is 0 Å². The SMILES string of the molecule is Cc1cc(CN2CCCN(Cc3ccccc3)CCCN(Cc3cc(C)cc(C(=O)NCP(=O)(O)O)c3O)CCC2)c(O)c(C(=O)NCP(=O)(O)O)c1. The summed E-state index contributed by atoms with van der Waals surface area (Å²) in [5.41, 5.74) is 3.53. The fourth-order valence-electron chi connectivity index (χ4n) is 6.52. The maximum atomic E-state index is 12.8. The van der Waals surface area contributed by atoms with Crippen molar-refractivity contribution in [1.82, 2.24) is 25.3 Å². The van der Waals surface area contributed by atoms with E-state index in [1.54, 1.807) is 26.0 Å². The van der Waals surface area contributed by atoms with Crippen LogP contribution in [0.25, 0.3) is 0 Å². The van der Waals surface area contributed by atoms with E-state index in [-0.39, 0.29) is 22.6 Å². The second kappa shape index (κ2) is 19.1. The molecule has 17 heteroatoms. The van der Waals surface area contributed by atoms with Crippen molar-refractivity contribution in [3.63, 3.8) is 0 Å². The topological polar surface area (TPSA) is 223 Å². The third kappa shape index (κ3) is 13.9. The first-order chi connectivity index (χ1) is 25.0. The molecule has 0 spiro atoms. The van der Waals surface area contributed by atoms with Gasteiger partial charge in [-0.25, -0.2) is 0 Å². The van der Waals surface area contributed by atoms with Crippen molar-refractivity contribution in [3.8, 4) is 11.5 Å². The minimum atomic E-state index is -4.49. The van der Waals surface area contributed by atoms with Crippen molar-refractivity contribution in [3.05, 3.63) is 93.5 Å². The molecular formula is C36H51N5O10P2. The number of phenolic OH excluding ortho intramolecular Hbond substituents is 2. The number of rotatable bonds is 12. The van der Waals surface area contributed by atoms with Crippen LogP contribution in [0, 0.1) is 13.8 Å². The van der Waals surface area contributed by atoms with E-state index in [0.29, 0.717) is 61.5 Å². The molecule has 0 radical (unpaired) electrons. The van der Waals surface area contributed by atoms with Crippen molar-refractivity contribution >= 4 is 27.0 Å². The smallest absolute Gasteiger partial charge is 0.344 e. The molecule has 2 amide bonds. The van der Waals surface area contributed by atoms with Crippen LogP contribution in [0.15, 0.2) is 54.6 Å². The van der Waals surface area contributed by atoms with Gasteiger partial charge >= 0.3 is 15.2 Å². The third-order valence-electron chi connectivity index (χ3n) is 8.93. The molecule has 0 saturated carbocycles. The summed E-state index contributed by atoms with van der Waals surface area (Å²) in [5, 5.41) is 26.7. The highest BCUT2D eigenvalue weighted by Gasteiger charge is 2.23. The lowest BCUT2D eigenvalue weighted by Gasteiger charge is -2.31. The van der Waals surface area contributed by atoms with Crippen LogP contribution in [0.3, 0.4) is 0 Å². The van der Waals surface area contributed by atoms with Gasteiger partial charge in [0.05, 0.1) is 11.1 Å². The number of benzene rings is 3. The number of aryl methyl sites for hydroxylation is 2. The highest BCUT2D eigenvalue weighted by molar-refractivity contribution is 7.52. The van der Waals surface area contributed by atoms with Crippen LogP contribution < -0.4 is 10.6 Å². The molecule has 53 heavy (non-hydrogen) atoms. The number of phenols is 2. The Morgan fingerprint density at radius 3 is 1.32 bits per heavy atom. The van der Waals surface area contributed by atoms with Crippen LogP contribution in [0.5, 0.6) is 11.5 Å². The summed E-state index contributed by atoms with van der Waals surface area (Å²) >= 11 is 0. The fourth-order valence-corrected chi connectivity index (χ4v) is 7.22. The zero-order valence-electron chi connectivity index (χ0n) is 30.1. The van der Waals surface area contributed by atoms with Crippen molar-refractivity contribution in [2.75, 3.05) is 51.8 Å². The van der Waals surface area contributed by atoms with Gasteiger partial charge in [0, 0.05) is 30.8 Å². The molecule has 1 aliphatic heterocycles. The highest BCUT2D eigenvalue weighted by Crippen LogP contribution is 2.34. The molecule has 0 bridgehead atoms. The number of carbonyl (C=O) groups excluding carboxylic acids is 2. The minimum absolute atomic E-state index is 0.0595. The van der Waals surface area contributed by atoms with Gasteiger partial charge < -0.3 is 40.4 Å². The van der Waals surface area contributed by atoms with E-state index in [0.717, 1.165) is 38.9 Å². The van der Waals surface area contributed by atoms with Gasteiger partial charge in [-0.3, -0.25) is 33.4 Å². The minimum Gasteiger partial charge on any atom is -0.507 e. The Labute approximate surface area is 310 Å². The average molecular weight is 776 g/mol. The summed E-state index contributed by atoms with van der Waals surface area (Å²) in [5.74, 6) is -2.04. The summed E-state index contributed by atoms with van der Waals surface area (Å²) < 4.78 is 22.7. The summed E-state index contributed by atoms with van der Waals surface area (Å²) in [6, 6.07) is 16.8. The van der Waals surface area contributed by atoms with Crippen molar-refractivity contribution in [2.24, 2.45) is 0 Å². The monoisotopic (exact) mass is 775 g/mol. The Morgan fingerprint density at radius 1 is 0.604 bits per heavy atom. The molecule has 4 rings (SSSR count). The zero-order valence-corrected chi connectivity index (χ0v) is 31.9. The molecule has 1 aliphatic rings. The molecular weight excluding hydrogens is 724 g/mol. The van der Waals surface area contributed by atoms with Crippen LogP contribution >= 0.6 is 15.2 Å². The molecule has 290 valence electrons. The molecule has 1 fully saturated rings. The first kappa shape index (κ1) is 42.1. The molecule has 3 aromatic carbocycles. The van der Waals surface area contributed by atoms with Crippen molar-refractivity contribution in [2.45, 2.75) is 52.7 Å². The van der Waals surface area contributed by atoms with Gasteiger partial charge in [-0.1, -0.05) is 42.5 Å². The Balaban J connectivity index is 1.56. The maximum Gasteiger partial charge on any atom is 0.344 e. The van der Waals surface area contributed by atoms with Gasteiger partial charge in [0.1, 0.15) is 24.1 Å². The molecule has 0 atom stereocenters. The van der Waals surface area contributed by atoms with Crippen molar-refractivity contribution in [1.29, 1.82) is 0 Å². The molecule has 1 heterocycles. The number of nitrogens with zero attached hydrogens (tertiary/aromatic N) is 3. The molecule has 1 saturated heterocycles. The predicted molar refractivity (Wildman–Crippen MR) is 201 cm³/mol. The fraction of sp³-hybridized carbons (Fsp3) is 0.444. The van der Waals surface area contributed by atoms with Crippen LogP contribution in [-0.4, -0.2) is 108 Å². The Bertz CT molecular complexity index is 1710. The second-order valence-electron chi connectivity index (χ2n) is 13.7. The maximum absolute atomic E-state index is 12.8. The highest BCUT2D eigenvalue weighted by atomic mass is 31.2. The molecule has 0 aromatic heterocycles. The Morgan fingerprint density at radius 2 is 0.962 bits per heavy atom. The van der Waals surface area contributed by atoms with E-state index < -0.39 is 39.6 Å². The van der Waals surface area contributed by atoms with Crippen LogP contribution in [0.1, 0.15) is 67.8 Å². The number of amides is 2. The van der Waals surface area contributed by atoms with E-state index in [1.807, 2.05) is 18.2 Å². The zero-order chi connectivity index (χ0) is 38.8. The number of aromatic hydroxyl groups is 2. The van der Waals surface area contributed by atoms with Crippen LogP contribution in [0.4, 0.5) is 0 Å². The molecule has 15 nitrogen and oxygen atoms in total. The van der Waals surface area contributed by atoms with E-state index in [9.17, 15) is 48.5 Å². The standard InChI is InChI=1S/C36H51N5O10P2/c1-26-17-29(33(42)31(19-26)35(44)37-24-52(46,47)48)22-40-13-6-11-39(21-28-9-4-3-5-10-28)12-7-14-41(16-8-15-40)23-30-18-27(2)20-32(34(30)43)36(45)38-25-53(49,50)51/h3-5,9-10,17-20,42-43H,6-8,11-16,21-25H2,1-2H3,(H,37,44)(H,38,45)(H2,46,47,48)(H2,49,50,51). The van der Waals surface area contributed by atoms with E-state index in [2.05, 4.69) is 37.5 Å². The van der Waals surface area contributed by atoms with Gasteiger partial charge in [0.2, 0.25) is 0 Å². The molecule has 8 N–H and O–H groups in total. The number of hydrogen-bond acceptors (Lipinski definition) is 9. The van der Waals surface area contributed by atoms with Gasteiger partial charge in [-0.15, -0.1) is 0 Å². The van der Waals surface area contributed by atoms with Gasteiger partial charge in [-0.05, 0) is 101 Å². The number of nitrogens with one attached hydrogen (secondary N) is 2. The molecule has 3 aromatic rings. The summed E-state index contributed by atoms with van der Waals surface area (Å²) in [7, 11) is -8.99. The van der Waals surface area contributed by atoms with Crippen LogP contribution in [0.2, 0.25) is 0 Å². The van der Waals surface area contributed by atoms with Gasteiger partial charge in [0.25, 0.3) is 11.8 Å². The average Bonchev–Trinajstić information content (AvgIpc) is 3.07. The lowest BCUT2D eigenvalue weighted by atomic mass is 10.0. The van der Waals surface area contributed by atoms with Gasteiger partial charge in [-0.2, -0.15) is 0 Å². The summed E-state index contributed by atoms with van der Waals surface area (Å²) in [4.78, 5) is 69.3. The van der Waals surface area contributed by atoms with Crippen molar-refractivity contribution < 1.29 is 48.5 Å². The lowest BCUT2D eigenvalue weighted by molar-refractivity contribution is 0.0946. The Hall–Kier alpha value is -3.62. The number of hydrogen-bond donors (Lipinski definition) is 8. The first-order valence-electron chi connectivity index (χ1n) is 17.5. The van der Waals surface area contributed by atoms with Crippen LogP contribution in [-0.2, 0) is 28.8 Å². The normalized spacial score (nSPS) is 16.0. The Kier molecular flexibility index (Phi) is 15.2.